The Bertz CT molecular complexity index is 945. The zero-order valence-corrected chi connectivity index (χ0v) is 13.2. The van der Waals surface area contributed by atoms with Crippen LogP contribution in [0.4, 0.5) is 5.69 Å². The van der Waals surface area contributed by atoms with Gasteiger partial charge in [0.1, 0.15) is 5.75 Å². The number of nitrogens with zero attached hydrogens (tertiary/aromatic N) is 4. The first-order valence-electron chi connectivity index (χ1n) is 7.33. The second kappa shape index (κ2) is 4.81. The molecular weight excluding hydrogens is 292 g/mol. The molecule has 0 saturated heterocycles. The molecule has 0 atom stereocenters. The van der Waals surface area contributed by atoms with Crippen LogP contribution in [0.3, 0.4) is 0 Å². The van der Waals surface area contributed by atoms with E-state index in [2.05, 4.69) is 10.1 Å². The van der Waals surface area contributed by atoms with Crippen LogP contribution >= 0.6 is 0 Å². The predicted molar refractivity (Wildman–Crippen MR) is 87.6 cm³/mol. The van der Waals surface area contributed by atoms with Crippen molar-refractivity contribution in [3.63, 3.8) is 0 Å². The van der Waals surface area contributed by atoms with Gasteiger partial charge in [-0.2, -0.15) is 5.10 Å². The minimum Gasteiger partial charge on any atom is -0.496 e. The molecule has 6 nitrogen and oxygen atoms in total. The van der Waals surface area contributed by atoms with Crippen molar-refractivity contribution in [3.8, 4) is 16.9 Å². The third-order valence-electron chi connectivity index (χ3n) is 4.36. The van der Waals surface area contributed by atoms with E-state index in [1.54, 1.807) is 36.1 Å². The van der Waals surface area contributed by atoms with E-state index >= 15 is 0 Å². The molecule has 0 N–H and O–H groups in total. The van der Waals surface area contributed by atoms with E-state index in [9.17, 15) is 4.79 Å². The molecule has 3 aromatic rings. The van der Waals surface area contributed by atoms with E-state index in [4.69, 9.17) is 4.74 Å². The second-order valence-corrected chi connectivity index (χ2v) is 5.72. The number of benzene rings is 1. The van der Waals surface area contributed by atoms with Gasteiger partial charge < -0.3 is 9.64 Å². The quantitative estimate of drug-likeness (QED) is 0.728. The van der Waals surface area contributed by atoms with Crippen LogP contribution < -0.4 is 9.64 Å². The lowest BCUT2D eigenvalue weighted by Crippen LogP contribution is -2.20. The molecule has 6 heteroatoms. The average molecular weight is 308 g/mol. The molecule has 2 aromatic heterocycles. The number of amides is 1. The first kappa shape index (κ1) is 13.8. The van der Waals surface area contributed by atoms with Gasteiger partial charge in [-0.25, -0.2) is 0 Å². The van der Waals surface area contributed by atoms with Crippen LogP contribution in [0.15, 0.2) is 30.7 Å². The number of aromatic nitrogens is 3. The monoisotopic (exact) mass is 308 g/mol. The number of rotatable bonds is 2. The smallest absolute Gasteiger partial charge is 0.231 e. The number of carbonyl (C=O) groups is 1. The van der Waals surface area contributed by atoms with Crippen molar-refractivity contribution in [1.29, 1.82) is 0 Å². The summed E-state index contributed by atoms with van der Waals surface area (Å²) in [7, 11) is 5.31. The number of hydrogen-bond donors (Lipinski definition) is 0. The van der Waals surface area contributed by atoms with Gasteiger partial charge in [-0.15, -0.1) is 0 Å². The Morgan fingerprint density at radius 3 is 2.74 bits per heavy atom. The number of pyridine rings is 1. The minimum atomic E-state index is 0.0908. The topological polar surface area (TPSA) is 60.3 Å². The summed E-state index contributed by atoms with van der Waals surface area (Å²) in [6.07, 6.45) is 5.91. The molecule has 4 rings (SSSR count). The molecule has 3 heterocycles. The molecule has 116 valence electrons. The lowest BCUT2D eigenvalue weighted by Gasteiger charge is -2.13. The summed E-state index contributed by atoms with van der Waals surface area (Å²) < 4.78 is 7.28. The van der Waals surface area contributed by atoms with Crippen LogP contribution in [-0.2, 0) is 18.3 Å². The number of anilines is 1. The largest absolute Gasteiger partial charge is 0.496 e. The number of fused-ring (bicyclic) bond motifs is 3. The van der Waals surface area contributed by atoms with Crippen LogP contribution in [0, 0.1) is 0 Å². The van der Waals surface area contributed by atoms with Crippen LogP contribution in [0.25, 0.3) is 22.0 Å². The molecule has 23 heavy (non-hydrogen) atoms. The van der Waals surface area contributed by atoms with Crippen molar-refractivity contribution >= 4 is 22.5 Å². The van der Waals surface area contributed by atoms with E-state index in [1.165, 1.54) is 0 Å². The first-order valence-corrected chi connectivity index (χ1v) is 7.33. The minimum absolute atomic E-state index is 0.0908. The van der Waals surface area contributed by atoms with Gasteiger partial charge in [0.2, 0.25) is 5.91 Å². The Hall–Kier alpha value is -2.89. The number of likely N-dealkylation sites (N-methyl/N-ethyl adjacent to an activating group) is 1. The molecule has 0 bridgehead atoms. The average Bonchev–Trinajstić information content (AvgIpc) is 3.10. The van der Waals surface area contributed by atoms with Crippen molar-refractivity contribution in [2.75, 3.05) is 19.1 Å². The summed E-state index contributed by atoms with van der Waals surface area (Å²) in [6.45, 7) is 0. The SMILES string of the molecule is COc1cc2ncc3c(c2cc1-c1cnn(C)c1)CC(=O)N3C. The zero-order valence-electron chi connectivity index (χ0n) is 13.2. The van der Waals surface area contributed by atoms with Crippen LogP contribution in [0.5, 0.6) is 5.75 Å². The Kier molecular flexibility index (Phi) is 2.87. The molecule has 0 radical (unpaired) electrons. The van der Waals surface area contributed by atoms with Crippen LogP contribution in [-0.4, -0.2) is 34.8 Å². The van der Waals surface area contributed by atoms with Crippen molar-refractivity contribution in [1.82, 2.24) is 14.8 Å². The Balaban J connectivity index is 2.01. The number of hydrogen-bond acceptors (Lipinski definition) is 4. The van der Waals surface area contributed by atoms with Gasteiger partial charge in [0.15, 0.2) is 0 Å². The number of methoxy groups -OCH3 is 1. The van der Waals surface area contributed by atoms with Crippen molar-refractivity contribution in [2.24, 2.45) is 7.05 Å². The highest BCUT2D eigenvalue weighted by molar-refractivity contribution is 6.07. The molecule has 0 aliphatic carbocycles. The summed E-state index contributed by atoms with van der Waals surface area (Å²) in [6, 6.07) is 3.96. The summed E-state index contributed by atoms with van der Waals surface area (Å²) in [5.74, 6) is 0.837. The summed E-state index contributed by atoms with van der Waals surface area (Å²) in [5.41, 5.74) is 4.66. The number of carbonyl (C=O) groups excluding carboxylic acids is 1. The highest BCUT2D eigenvalue weighted by Crippen LogP contribution is 2.38. The van der Waals surface area contributed by atoms with Gasteiger partial charge in [0.05, 0.1) is 37.1 Å². The fraction of sp³-hybridized carbons (Fsp3) is 0.235. The van der Waals surface area contributed by atoms with Gasteiger partial charge in [-0.05, 0) is 11.6 Å². The molecule has 1 amide bonds. The third-order valence-corrected chi connectivity index (χ3v) is 4.36. The van der Waals surface area contributed by atoms with Crippen LogP contribution in [0.2, 0.25) is 0 Å². The van der Waals surface area contributed by atoms with Crippen molar-refractivity contribution in [3.05, 3.63) is 36.3 Å². The fourth-order valence-electron chi connectivity index (χ4n) is 3.10. The second-order valence-electron chi connectivity index (χ2n) is 5.72. The molecule has 0 spiro atoms. The van der Waals surface area contributed by atoms with Crippen molar-refractivity contribution < 1.29 is 9.53 Å². The van der Waals surface area contributed by atoms with Gasteiger partial charge in [0.25, 0.3) is 0 Å². The maximum atomic E-state index is 12.0. The Morgan fingerprint density at radius 1 is 1.22 bits per heavy atom. The third kappa shape index (κ3) is 1.98. The molecule has 0 saturated carbocycles. The standard InChI is InChI=1S/C17H16N4O2/c1-20-9-10(7-19-20)11-4-12-13-5-17(22)21(2)15(13)8-18-14(12)6-16(11)23-3/h4,6-9H,5H2,1-3H3. The Morgan fingerprint density at radius 2 is 2.04 bits per heavy atom. The highest BCUT2D eigenvalue weighted by atomic mass is 16.5. The summed E-state index contributed by atoms with van der Waals surface area (Å²) in [4.78, 5) is 18.2. The maximum Gasteiger partial charge on any atom is 0.231 e. The van der Waals surface area contributed by atoms with Gasteiger partial charge >= 0.3 is 0 Å². The molecule has 0 fully saturated rings. The first-order chi connectivity index (χ1) is 11.1. The fourth-order valence-corrected chi connectivity index (χ4v) is 3.10. The van der Waals surface area contributed by atoms with E-state index in [-0.39, 0.29) is 5.91 Å². The van der Waals surface area contributed by atoms with E-state index < -0.39 is 0 Å². The molecule has 0 unspecified atom stereocenters. The summed E-state index contributed by atoms with van der Waals surface area (Å²) in [5, 5.41) is 5.21. The Labute approximate surface area is 133 Å². The normalized spacial score (nSPS) is 13.7. The zero-order chi connectivity index (χ0) is 16.1. The predicted octanol–water partition coefficient (Wildman–Crippen LogP) is 2.16. The molecule has 1 aliphatic rings. The lowest BCUT2D eigenvalue weighted by molar-refractivity contribution is -0.117. The summed E-state index contributed by atoms with van der Waals surface area (Å²) >= 11 is 0. The van der Waals surface area contributed by atoms with Crippen molar-refractivity contribution in [2.45, 2.75) is 6.42 Å². The van der Waals surface area contributed by atoms with E-state index in [0.717, 1.165) is 39.0 Å². The number of aryl methyl sites for hydroxylation is 1. The molecular formula is C17H16N4O2. The van der Waals surface area contributed by atoms with E-state index in [1.807, 2.05) is 25.4 Å². The van der Waals surface area contributed by atoms with Crippen LogP contribution in [0.1, 0.15) is 5.56 Å². The van der Waals surface area contributed by atoms with Gasteiger partial charge in [-0.3, -0.25) is 14.5 Å². The van der Waals surface area contributed by atoms with Gasteiger partial charge in [0, 0.05) is 42.9 Å². The highest BCUT2D eigenvalue weighted by Gasteiger charge is 2.27. The number of ether oxygens (including phenoxy) is 1. The lowest BCUT2D eigenvalue weighted by atomic mass is 10.0. The van der Waals surface area contributed by atoms with Gasteiger partial charge in [-0.1, -0.05) is 0 Å². The molecule has 1 aliphatic heterocycles. The van der Waals surface area contributed by atoms with E-state index in [0.29, 0.717) is 6.42 Å². The maximum absolute atomic E-state index is 12.0. The molecule has 1 aromatic carbocycles.